The van der Waals surface area contributed by atoms with E-state index in [0.717, 1.165) is 31.1 Å². The molecule has 0 bridgehead atoms. The van der Waals surface area contributed by atoms with Crippen LogP contribution in [0.15, 0.2) is 23.7 Å². The van der Waals surface area contributed by atoms with Crippen molar-refractivity contribution in [3.8, 4) is 0 Å². The standard InChI is InChI=1S/C13H15N3S/c1-10-2-3-12-7-16(5-4-11(12)6-10)8-13-15-14-9-17-13/h2-3,6,9H,4-5,7-8H2,1H3. The average Bonchev–Trinajstić information content (AvgIpc) is 2.82. The Morgan fingerprint density at radius 3 is 3.12 bits per heavy atom. The zero-order chi connectivity index (χ0) is 11.7. The van der Waals surface area contributed by atoms with E-state index in [1.807, 2.05) is 0 Å². The fraction of sp³-hybridized carbons (Fsp3) is 0.385. The van der Waals surface area contributed by atoms with E-state index >= 15 is 0 Å². The molecule has 2 heterocycles. The Labute approximate surface area is 105 Å². The van der Waals surface area contributed by atoms with E-state index in [1.54, 1.807) is 16.8 Å². The molecule has 1 aliphatic heterocycles. The minimum atomic E-state index is 0.929. The highest BCUT2D eigenvalue weighted by Gasteiger charge is 2.17. The number of aryl methyl sites for hydroxylation is 1. The lowest BCUT2D eigenvalue weighted by atomic mass is 9.98. The van der Waals surface area contributed by atoms with Crippen molar-refractivity contribution in [2.45, 2.75) is 26.4 Å². The highest BCUT2D eigenvalue weighted by atomic mass is 32.1. The van der Waals surface area contributed by atoms with Crippen molar-refractivity contribution in [1.29, 1.82) is 0 Å². The van der Waals surface area contributed by atoms with Crippen LogP contribution in [-0.2, 0) is 19.5 Å². The van der Waals surface area contributed by atoms with Crippen LogP contribution in [0, 0.1) is 6.92 Å². The molecule has 0 amide bonds. The van der Waals surface area contributed by atoms with Gasteiger partial charge in [0.2, 0.25) is 0 Å². The Balaban J connectivity index is 1.74. The number of hydrogen-bond donors (Lipinski definition) is 0. The van der Waals surface area contributed by atoms with Gasteiger partial charge >= 0.3 is 0 Å². The van der Waals surface area contributed by atoms with E-state index in [-0.39, 0.29) is 0 Å². The van der Waals surface area contributed by atoms with E-state index < -0.39 is 0 Å². The molecule has 1 aromatic heterocycles. The molecule has 0 saturated carbocycles. The predicted octanol–water partition coefficient (Wildman–Crippen LogP) is 2.40. The molecule has 3 rings (SSSR count). The first-order valence-corrected chi connectivity index (χ1v) is 6.75. The normalized spacial score (nSPS) is 15.8. The van der Waals surface area contributed by atoms with Gasteiger partial charge in [0.25, 0.3) is 0 Å². The molecule has 0 aliphatic carbocycles. The third-order valence-electron chi connectivity index (χ3n) is 3.22. The Bertz CT molecular complexity index is 507. The van der Waals surface area contributed by atoms with Gasteiger partial charge in [-0.3, -0.25) is 4.90 Å². The van der Waals surface area contributed by atoms with Gasteiger partial charge in [-0.15, -0.1) is 21.5 Å². The van der Waals surface area contributed by atoms with Gasteiger partial charge in [0.1, 0.15) is 10.5 Å². The zero-order valence-corrected chi connectivity index (χ0v) is 10.7. The highest BCUT2D eigenvalue weighted by molar-refractivity contribution is 7.09. The van der Waals surface area contributed by atoms with Gasteiger partial charge < -0.3 is 0 Å². The topological polar surface area (TPSA) is 29.0 Å². The third-order valence-corrected chi connectivity index (χ3v) is 3.90. The van der Waals surface area contributed by atoms with Crippen molar-refractivity contribution in [2.24, 2.45) is 0 Å². The molecule has 0 saturated heterocycles. The Hall–Kier alpha value is -1.26. The fourth-order valence-electron chi connectivity index (χ4n) is 2.33. The van der Waals surface area contributed by atoms with Crippen LogP contribution in [0.5, 0.6) is 0 Å². The molecule has 4 heteroatoms. The molecule has 2 aromatic rings. The van der Waals surface area contributed by atoms with Crippen molar-refractivity contribution in [3.05, 3.63) is 45.4 Å². The molecule has 0 radical (unpaired) electrons. The first kappa shape index (κ1) is 10.9. The maximum absolute atomic E-state index is 4.11. The summed E-state index contributed by atoms with van der Waals surface area (Å²) in [4.78, 5) is 2.44. The highest BCUT2D eigenvalue weighted by Crippen LogP contribution is 2.21. The quantitative estimate of drug-likeness (QED) is 0.813. The summed E-state index contributed by atoms with van der Waals surface area (Å²) in [5, 5.41) is 9.10. The predicted molar refractivity (Wildman–Crippen MR) is 68.9 cm³/mol. The summed E-state index contributed by atoms with van der Waals surface area (Å²) in [7, 11) is 0. The lowest BCUT2D eigenvalue weighted by Gasteiger charge is -2.28. The molecule has 0 N–H and O–H groups in total. The summed E-state index contributed by atoms with van der Waals surface area (Å²) < 4.78 is 0. The van der Waals surface area contributed by atoms with Crippen LogP contribution in [0.1, 0.15) is 21.7 Å². The minimum absolute atomic E-state index is 0.929. The Kier molecular flexibility index (Phi) is 2.91. The third kappa shape index (κ3) is 2.37. The smallest absolute Gasteiger partial charge is 0.131 e. The number of fused-ring (bicyclic) bond motifs is 1. The van der Waals surface area contributed by atoms with E-state index in [2.05, 4.69) is 40.2 Å². The molecule has 1 aromatic carbocycles. The van der Waals surface area contributed by atoms with Gasteiger partial charge in [-0.1, -0.05) is 23.8 Å². The summed E-state index contributed by atoms with van der Waals surface area (Å²) >= 11 is 1.64. The van der Waals surface area contributed by atoms with Gasteiger partial charge in [-0.05, 0) is 24.5 Å². The van der Waals surface area contributed by atoms with E-state index in [9.17, 15) is 0 Å². The van der Waals surface area contributed by atoms with Crippen LogP contribution in [0.4, 0.5) is 0 Å². The molecule has 0 unspecified atom stereocenters. The molecule has 1 aliphatic rings. The summed E-state index contributed by atoms with van der Waals surface area (Å²) in [6, 6.07) is 6.78. The number of hydrogen-bond acceptors (Lipinski definition) is 4. The van der Waals surface area contributed by atoms with Crippen molar-refractivity contribution >= 4 is 11.3 Å². The van der Waals surface area contributed by atoms with Gasteiger partial charge in [-0.2, -0.15) is 0 Å². The summed E-state index contributed by atoms with van der Waals surface area (Å²) in [6.07, 6.45) is 1.15. The van der Waals surface area contributed by atoms with Crippen LogP contribution in [0.3, 0.4) is 0 Å². The van der Waals surface area contributed by atoms with Crippen LogP contribution in [0.2, 0.25) is 0 Å². The second-order valence-corrected chi connectivity index (χ2v) is 5.48. The SMILES string of the molecule is Cc1ccc2c(c1)CCN(Cc1nncs1)C2. The Morgan fingerprint density at radius 2 is 2.29 bits per heavy atom. The van der Waals surface area contributed by atoms with Gasteiger partial charge in [0, 0.05) is 13.1 Å². The second kappa shape index (κ2) is 4.55. The first-order chi connectivity index (χ1) is 8.31. The van der Waals surface area contributed by atoms with Crippen LogP contribution < -0.4 is 0 Å². The van der Waals surface area contributed by atoms with E-state index in [1.165, 1.54) is 16.7 Å². The summed E-state index contributed by atoms with van der Waals surface area (Å²) in [5.41, 5.74) is 6.14. The lowest BCUT2D eigenvalue weighted by molar-refractivity contribution is 0.244. The molecule has 3 nitrogen and oxygen atoms in total. The molecule has 17 heavy (non-hydrogen) atoms. The molecule has 0 spiro atoms. The molecule has 88 valence electrons. The number of rotatable bonds is 2. The Morgan fingerprint density at radius 1 is 1.35 bits per heavy atom. The van der Waals surface area contributed by atoms with Crippen LogP contribution in [-0.4, -0.2) is 21.6 Å². The first-order valence-electron chi connectivity index (χ1n) is 5.87. The van der Waals surface area contributed by atoms with Gasteiger partial charge in [0.15, 0.2) is 0 Å². The maximum atomic E-state index is 4.11. The molecular formula is C13H15N3S. The summed E-state index contributed by atoms with van der Waals surface area (Å²) in [5.74, 6) is 0. The van der Waals surface area contributed by atoms with Crippen LogP contribution >= 0.6 is 11.3 Å². The number of nitrogens with zero attached hydrogens (tertiary/aromatic N) is 3. The minimum Gasteiger partial charge on any atom is -0.292 e. The fourth-order valence-corrected chi connectivity index (χ4v) is 2.90. The second-order valence-electron chi connectivity index (χ2n) is 4.57. The largest absolute Gasteiger partial charge is 0.292 e. The van der Waals surface area contributed by atoms with E-state index in [0.29, 0.717) is 0 Å². The van der Waals surface area contributed by atoms with Crippen molar-refractivity contribution in [1.82, 2.24) is 15.1 Å². The van der Waals surface area contributed by atoms with Gasteiger partial charge in [0.05, 0.1) is 6.54 Å². The van der Waals surface area contributed by atoms with Gasteiger partial charge in [-0.25, -0.2) is 0 Å². The van der Waals surface area contributed by atoms with E-state index in [4.69, 9.17) is 0 Å². The molecule has 0 fully saturated rings. The van der Waals surface area contributed by atoms with Crippen LogP contribution in [0.25, 0.3) is 0 Å². The monoisotopic (exact) mass is 245 g/mol. The molecular weight excluding hydrogens is 230 g/mol. The van der Waals surface area contributed by atoms with Crippen molar-refractivity contribution in [3.63, 3.8) is 0 Å². The lowest BCUT2D eigenvalue weighted by Crippen LogP contribution is -2.30. The molecule has 0 atom stereocenters. The van der Waals surface area contributed by atoms with Crippen molar-refractivity contribution in [2.75, 3.05) is 6.54 Å². The zero-order valence-electron chi connectivity index (χ0n) is 9.89. The average molecular weight is 245 g/mol. The number of benzene rings is 1. The van der Waals surface area contributed by atoms with Crippen molar-refractivity contribution < 1.29 is 0 Å². The maximum Gasteiger partial charge on any atom is 0.131 e. The summed E-state index contributed by atoms with van der Waals surface area (Å²) in [6.45, 7) is 5.25. The number of aromatic nitrogens is 2.